The number of nitriles is 1. The molecule has 4 heteroatoms. The van der Waals surface area contributed by atoms with Gasteiger partial charge in [-0.3, -0.25) is 9.80 Å². The largest absolute Gasteiger partial charge is 0.302 e. The van der Waals surface area contributed by atoms with Crippen molar-refractivity contribution in [3.63, 3.8) is 0 Å². The number of piperazine rings is 1. The van der Waals surface area contributed by atoms with Crippen LogP contribution in [-0.2, 0) is 0 Å². The Morgan fingerprint density at radius 3 is 2.56 bits per heavy atom. The Kier molecular flexibility index (Phi) is 3.68. The molecule has 1 aliphatic heterocycles. The van der Waals surface area contributed by atoms with Gasteiger partial charge in [0.1, 0.15) is 5.54 Å². The number of nitrogens with one attached hydrogen (secondary N) is 1. The maximum atomic E-state index is 9.34. The zero-order chi connectivity index (χ0) is 13.4. The van der Waals surface area contributed by atoms with Crippen LogP contribution in [0.4, 0.5) is 0 Å². The monoisotopic (exact) mass is 250 g/mol. The maximum absolute atomic E-state index is 9.34. The van der Waals surface area contributed by atoms with E-state index in [1.807, 2.05) is 7.05 Å². The molecule has 0 aromatic rings. The molecule has 1 N–H and O–H groups in total. The van der Waals surface area contributed by atoms with Crippen LogP contribution in [0.5, 0.6) is 0 Å². The van der Waals surface area contributed by atoms with Crippen molar-refractivity contribution in [2.75, 3.05) is 33.7 Å². The van der Waals surface area contributed by atoms with Gasteiger partial charge in [-0.15, -0.1) is 0 Å². The first-order valence-electron chi connectivity index (χ1n) is 6.98. The van der Waals surface area contributed by atoms with Gasteiger partial charge in [-0.05, 0) is 47.2 Å². The summed E-state index contributed by atoms with van der Waals surface area (Å²) < 4.78 is 0. The van der Waals surface area contributed by atoms with E-state index in [9.17, 15) is 5.26 Å². The Morgan fingerprint density at radius 2 is 2.06 bits per heavy atom. The second-order valence-electron chi connectivity index (χ2n) is 6.54. The quantitative estimate of drug-likeness (QED) is 0.795. The molecule has 1 heterocycles. The summed E-state index contributed by atoms with van der Waals surface area (Å²) >= 11 is 0. The highest BCUT2D eigenvalue weighted by atomic mass is 15.3. The molecule has 0 radical (unpaired) electrons. The molecule has 0 spiro atoms. The van der Waals surface area contributed by atoms with Crippen LogP contribution in [0.1, 0.15) is 33.1 Å². The molecule has 2 fully saturated rings. The van der Waals surface area contributed by atoms with Gasteiger partial charge in [0.2, 0.25) is 0 Å². The molecule has 0 bridgehead atoms. The molecule has 2 aliphatic rings. The first kappa shape index (κ1) is 13.8. The zero-order valence-corrected chi connectivity index (χ0v) is 12.2. The lowest BCUT2D eigenvalue weighted by Gasteiger charge is -2.47. The van der Waals surface area contributed by atoms with Gasteiger partial charge in [-0.1, -0.05) is 0 Å². The van der Waals surface area contributed by atoms with Crippen LogP contribution in [-0.4, -0.2) is 60.6 Å². The molecular formula is C14H26N4. The minimum absolute atomic E-state index is 0.246. The Morgan fingerprint density at radius 1 is 1.33 bits per heavy atom. The van der Waals surface area contributed by atoms with Crippen molar-refractivity contribution < 1.29 is 0 Å². The third kappa shape index (κ3) is 2.40. The molecule has 1 saturated carbocycles. The minimum Gasteiger partial charge on any atom is -0.302 e. The van der Waals surface area contributed by atoms with Gasteiger partial charge < -0.3 is 5.32 Å². The summed E-state index contributed by atoms with van der Waals surface area (Å²) in [7, 11) is 4.12. The smallest absolute Gasteiger partial charge is 0.108 e. The molecule has 0 amide bonds. The van der Waals surface area contributed by atoms with Crippen molar-refractivity contribution in [3.8, 4) is 6.07 Å². The Bertz CT molecular complexity index is 346. The predicted octanol–water partition coefficient (Wildman–Crippen LogP) is 1.05. The van der Waals surface area contributed by atoms with Gasteiger partial charge in [-0.25, -0.2) is 0 Å². The lowest BCUT2D eigenvalue weighted by atomic mass is 9.96. The summed E-state index contributed by atoms with van der Waals surface area (Å²) in [4.78, 5) is 5.03. The van der Waals surface area contributed by atoms with Crippen LogP contribution >= 0.6 is 0 Å². The van der Waals surface area contributed by atoms with E-state index in [1.165, 1.54) is 0 Å². The van der Waals surface area contributed by atoms with Crippen LogP contribution in [0, 0.1) is 11.3 Å². The fourth-order valence-corrected chi connectivity index (χ4v) is 3.31. The molecular weight excluding hydrogens is 224 g/mol. The average Bonchev–Trinajstić information content (AvgIpc) is 2.78. The number of hydrogen-bond acceptors (Lipinski definition) is 4. The summed E-state index contributed by atoms with van der Waals surface area (Å²) in [5.74, 6) is 0. The van der Waals surface area contributed by atoms with Crippen molar-refractivity contribution in [1.82, 2.24) is 15.1 Å². The third-order valence-corrected chi connectivity index (χ3v) is 5.04. The van der Waals surface area contributed by atoms with Crippen molar-refractivity contribution in [3.05, 3.63) is 0 Å². The van der Waals surface area contributed by atoms with Crippen LogP contribution in [0.3, 0.4) is 0 Å². The van der Waals surface area contributed by atoms with Crippen molar-refractivity contribution in [2.45, 2.75) is 50.2 Å². The Labute approximate surface area is 111 Å². The summed E-state index contributed by atoms with van der Waals surface area (Å²) in [6.45, 7) is 7.99. The fraction of sp³-hybridized carbons (Fsp3) is 0.929. The summed E-state index contributed by atoms with van der Waals surface area (Å²) in [5, 5.41) is 12.6. The van der Waals surface area contributed by atoms with Gasteiger partial charge in [0.25, 0.3) is 0 Å². The number of likely N-dealkylation sites (N-methyl/N-ethyl adjacent to an activating group) is 1. The number of hydrogen-bond donors (Lipinski definition) is 1. The molecule has 1 saturated heterocycles. The van der Waals surface area contributed by atoms with E-state index >= 15 is 0 Å². The van der Waals surface area contributed by atoms with E-state index in [0.29, 0.717) is 6.04 Å². The van der Waals surface area contributed by atoms with Gasteiger partial charge in [0, 0.05) is 31.2 Å². The van der Waals surface area contributed by atoms with E-state index in [0.717, 1.165) is 38.9 Å². The molecule has 2 atom stereocenters. The molecule has 0 aromatic carbocycles. The highest BCUT2D eigenvalue weighted by Crippen LogP contribution is 2.34. The van der Waals surface area contributed by atoms with Gasteiger partial charge in [-0.2, -0.15) is 5.26 Å². The SMILES string of the molecule is CNC1(C#N)CCC(N2CCN(C)C(C)(C)C2)C1. The van der Waals surface area contributed by atoms with E-state index in [4.69, 9.17) is 0 Å². The Hall–Kier alpha value is -0.630. The maximum Gasteiger partial charge on any atom is 0.108 e. The lowest BCUT2D eigenvalue weighted by Crippen LogP contribution is -2.59. The second kappa shape index (κ2) is 4.80. The number of rotatable bonds is 2. The van der Waals surface area contributed by atoms with Crippen LogP contribution in [0.2, 0.25) is 0 Å². The van der Waals surface area contributed by atoms with Gasteiger partial charge in [0.05, 0.1) is 6.07 Å². The molecule has 4 nitrogen and oxygen atoms in total. The average molecular weight is 250 g/mol. The van der Waals surface area contributed by atoms with E-state index in [-0.39, 0.29) is 11.1 Å². The van der Waals surface area contributed by atoms with Crippen LogP contribution < -0.4 is 5.32 Å². The van der Waals surface area contributed by atoms with Crippen LogP contribution in [0.25, 0.3) is 0 Å². The van der Waals surface area contributed by atoms with Crippen LogP contribution in [0.15, 0.2) is 0 Å². The van der Waals surface area contributed by atoms with Gasteiger partial charge in [0.15, 0.2) is 0 Å². The molecule has 102 valence electrons. The minimum atomic E-state index is -0.280. The van der Waals surface area contributed by atoms with Crippen molar-refractivity contribution in [2.24, 2.45) is 0 Å². The van der Waals surface area contributed by atoms with E-state index < -0.39 is 0 Å². The molecule has 18 heavy (non-hydrogen) atoms. The zero-order valence-electron chi connectivity index (χ0n) is 12.2. The lowest BCUT2D eigenvalue weighted by molar-refractivity contribution is 0.0171. The molecule has 1 aliphatic carbocycles. The fourth-order valence-electron chi connectivity index (χ4n) is 3.31. The number of nitrogens with zero attached hydrogens (tertiary/aromatic N) is 3. The third-order valence-electron chi connectivity index (χ3n) is 5.04. The van der Waals surface area contributed by atoms with E-state index in [2.05, 4.69) is 42.1 Å². The summed E-state index contributed by atoms with van der Waals surface area (Å²) in [5.41, 5.74) is -0.0338. The molecule has 2 rings (SSSR count). The van der Waals surface area contributed by atoms with Gasteiger partial charge >= 0.3 is 0 Å². The summed E-state index contributed by atoms with van der Waals surface area (Å²) in [6, 6.07) is 3.05. The Balaban J connectivity index is 2.01. The summed E-state index contributed by atoms with van der Waals surface area (Å²) in [6.07, 6.45) is 3.10. The topological polar surface area (TPSA) is 42.3 Å². The highest BCUT2D eigenvalue weighted by molar-refractivity contribution is 5.13. The molecule has 2 unspecified atom stereocenters. The standard InChI is InChI=1S/C14H26N4/c1-13(2)11-18(8-7-17(13)4)12-5-6-14(9-12,10-15)16-3/h12,16H,5-9,11H2,1-4H3. The predicted molar refractivity (Wildman–Crippen MR) is 73.3 cm³/mol. The first-order valence-corrected chi connectivity index (χ1v) is 6.98. The normalized spacial score (nSPS) is 37.6. The molecule has 0 aromatic heterocycles. The highest BCUT2D eigenvalue weighted by Gasteiger charge is 2.43. The second-order valence-corrected chi connectivity index (χ2v) is 6.54. The van der Waals surface area contributed by atoms with Crippen molar-refractivity contribution >= 4 is 0 Å². The van der Waals surface area contributed by atoms with Crippen molar-refractivity contribution in [1.29, 1.82) is 5.26 Å². The van der Waals surface area contributed by atoms with E-state index in [1.54, 1.807) is 0 Å². The first-order chi connectivity index (χ1) is 8.42.